The molecule has 120 valence electrons. The molecule has 0 atom stereocenters. The van der Waals surface area contributed by atoms with Gasteiger partial charge in [-0.05, 0) is 45.0 Å². The number of anilines is 1. The van der Waals surface area contributed by atoms with Crippen LogP contribution in [-0.4, -0.2) is 28.7 Å². The number of halogens is 1. The van der Waals surface area contributed by atoms with Crippen molar-refractivity contribution in [1.82, 2.24) is 9.97 Å². The molecule has 2 aromatic heterocycles. The topological polar surface area (TPSA) is 58.2 Å². The number of pyridine rings is 1. The molecular formula is C17H18ClN3O2. The highest BCUT2D eigenvalue weighted by atomic mass is 35.5. The van der Waals surface area contributed by atoms with Gasteiger partial charge in [0.25, 0.3) is 0 Å². The third-order valence-electron chi connectivity index (χ3n) is 3.45. The zero-order valence-corrected chi connectivity index (χ0v) is 14.2. The van der Waals surface area contributed by atoms with Crippen LogP contribution in [0.25, 0.3) is 21.9 Å². The third-order valence-corrected chi connectivity index (χ3v) is 3.67. The monoisotopic (exact) mass is 331 g/mol. The van der Waals surface area contributed by atoms with Crippen molar-refractivity contribution in [3.63, 3.8) is 0 Å². The number of amides is 1. The zero-order valence-electron chi connectivity index (χ0n) is 13.5. The number of carbonyl (C=O) groups excluding carboxylic acids is 1. The van der Waals surface area contributed by atoms with Gasteiger partial charge in [-0.15, -0.1) is 0 Å². The van der Waals surface area contributed by atoms with Crippen LogP contribution in [0.4, 0.5) is 10.5 Å². The average molecular weight is 332 g/mol. The molecule has 0 fully saturated rings. The van der Waals surface area contributed by atoms with Crippen LogP contribution < -0.4 is 4.90 Å². The standard InChI is InChI=1S/C17H18ClN3O2/c1-17(2,3)23-16(22)21(4)13-9-10(18)8-12-11-6-5-7-19-15(11)20-14(12)13/h5-9H,1-4H3,(H,19,20). The minimum atomic E-state index is -0.564. The molecule has 0 unspecified atom stereocenters. The van der Waals surface area contributed by atoms with Crippen molar-refractivity contribution < 1.29 is 9.53 Å². The maximum Gasteiger partial charge on any atom is 0.414 e. The SMILES string of the molecule is CN(C(=O)OC(C)(C)C)c1cc(Cl)cc2c1[nH]c1ncccc12. The molecular weight excluding hydrogens is 314 g/mol. The van der Waals surface area contributed by atoms with Gasteiger partial charge in [-0.2, -0.15) is 0 Å². The van der Waals surface area contributed by atoms with Crippen molar-refractivity contribution in [1.29, 1.82) is 0 Å². The molecule has 0 bridgehead atoms. The first-order valence-corrected chi connectivity index (χ1v) is 7.67. The minimum absolute atomic E-state index is 0.437. The van der Waals surface area contributed by atoms with Crippen LogP contribution in [0.5, 0.6) is 0 Å². The van der Waals surface area contributed by atoms with Crippen LogP contribution >= 0.6 is 11.6 Å². The van der Waals surface area contributed by atoms with Crippen molar-refractivity contribution in [3.05, 3.63) is 35.5 Å². The fourth-order valence-corrected chi connectivity index (χ4v) is 2.68. The summed E-state index contributed by atoms with van der Waals surface area (Å²) in [5.41, 5.74) is 1.64. The maximum atomic E-state index is 12.4. The van der Waals surface area contributed by atoms with E-state index in [0.29, 0.717) is 10.7 Å². The Balaban J connectivity index is 2.15. The van der Waals surface area contributed by atoms with E-state index < -0.39 is 11.7 Å². The number of fused-ring (bicyclic) bond motifs is 3. The fourth-order valence-electron chi connectivity index (χ4n) is 2.47. The first-order valence-electron chi connectivity index (χ1n) is 7.29. The Morgan fingerprint density at radius 2 is 2.04 bits per heavy atom. The summed E-state index contributed by atoms with van der Waals surface area (Å²) in [5, 5.41) is 2.43. The number of benzene rings is 1. The summed E-state index contributed by atoms with van der Waals surface area (Å²) in [6, 6.07) is 7.44. The predicted octanol–water partition coefficient (Wildman–Crippen LogP) is 4.74. The van der Waals surface area contributed by atoms with Crippen LogP contribution in [0.15, 0.2) is 30.5 Å². The van der Waals surface area contributed by atoms with Gasteiger partial charge in [0.2, 0.25) is 0 Å². The molecule has 5 nitrogen and oxygen atoms in total. The highest BCUT2D eigenvalue weighted by Gasteiger charge is 2.23. The van der Waals surface area contributed by atoms with Gasteiger partial charge >= 0.3 is 6.09 Å². The van der Waals surface area contributed by atoms with Crippen molar-refractivity contribution >= 4 is 45.3 Å². The Morgan fingerprint density at radius 3 is 2.74 bits per heavy atom. The third kappa shape index (κ3) is 2.97. The second-order valence-electron chi connectivity index (χ2n) is 6.41. The van der Waals surface area contributed by atoms with Gasteiger partial charge in [0.15, 0.2) is 0 Å². The number of rotatable bonds is 1. The normalized spacial score (nSPS) is 11.9. The molecule has 0 aliphatic heterocycles. The average Bonchev–Trinajstić information content (AvgIpc) is 2.82. The zero-order chi connectivity index (χ0) is 16.8. The summed E-state index contributed by atoms with van der Waals surface area (Å²) in [6.45, 7) is 5.50. The molecule has 3 aromatic rings. The molecule has 1 amide bonds. The lowest BCUT2D eigenvalue weighted by Crippen LogP contribution is -2.34. The number of hydrogen-bond acceptors (Lipinski definition) is 3. The molecule has 6 heteroatoms. The van der Waals surface area contributed by atoms with Gasteiger partial charge < -0.3 is 9.72 Å². The lowest BCUT2D eigenvalue weighted by atomic mass is 10.1. The Bertz CT molecular complexity index is 896. The van der Waals surface area contributed by atoms with Gasteiger partial charge in [0, 0.05) is 29.0 Å². The molecule has 3 rings (SSSR count). The molecule has 2 heterocycles. The highest BCUT2D eigenvalue weighted by Crippen LogP contribution is 2.34. The summed E-state index contributed by atoms with van der Waals surface area (Å²) in [4.78, 5) is 21.4. The number of carbonyl (C=O) groups is 1. The van der Waals surface area contributed by atoms with Gasteiger partial charge in [-0.1, -0.05) is 11.6 Å². The van der Waals surface area contributed by atoms with E-state index in [9.17, 15) is 4.79 Å². The number of aromatic amines is 1. The van der Waals surface area contributed by atoms with Gasteiger partial charge in [-0.3, -0.25) is 4.90 Å². The van der Waals surface area contributed by atoms with E-state index >= 15 is 0 Å². The molecule has 1 aromatic carbocycles. The number of ether oxygens (including phenoxy) is 1. The van der Waals surface area contributed by atoms with E-state index in [2.05, 4.69) is 9.97 Å². The van der Waals surface area contributed by atoms with Crippen molar-refractivity contribution in [2.45, 2.75) is 26.4 Å². The lowest BCUT2D eigenvalue weighted by molar-refractivity contribution is 0.0589. The lowest BCUT2D eigenvalue weighted by Gasteiger charge is -2.25. The minimum Gasteiger partial charge on any atom is -0.443 e. The number of nitrogens with zero attached hydrogens (tertiary/aromatic N) is 2. The molecule has 0 aliphatic rings. The van der Waals surface area contributed by atoms with E-state index in [1.54, 1.807) is 19.3 Å². The van der Waals surface area contributed by atoms with Crippen LogP contribution in [0.1, 0.15) is 20.8 Å². The number of H-pyrrole nitrogens is 1. The summed E-state index contributed by atoms with van der Waals surface area (Å²) in [7, 11) is 1.66. The second-order valence-corrected chi connectivity index (χ2v) is 6.85. The number of nitrogens with one attached hydrogen (secondary N) is 1. The van der Waals surface area contributed by atoms with Crippen molar-refractivity contribution in [2.75, 3.05) is 11.9 Å². The van der Waals surface area contributed by atoms with E-state index in [0.717, 1.165) is 21.9 Å². The van der Waals surface area contributed by atoms with Crippen molar-refractivity contribution in [3.8, 4) is 0 Å². The molecule has 0 saturated carbocycles. The van der Waals surface area contributed by atoms with Crippen LogP contribution in [-0.2, 0) is 4.74 Å². The molecule has 0 spiro atoms. The van der Waals surface area contributed by atoms with Crippen LogP contribution in [0, 0.1) is 0 Å². The Morgan fingerprint density at radius 1 is 1.30 bits per heavy atom. The quantitative estimate of drug-likeness (QED) is 0.700. The largest absolute Gasteiger partial charge is 0.443 e. The number of aromatic nitrogens is 2. The smallest absolute Gasteiger partial charge is 0.414 e. The summed E-state index contributed by atoms with van der Waals surface area (Å²) < 4.78 is 5.43. The maximum absolute atomic E-state index is 12.4. The van der Waals surface area contributed by atoms with E-state index in [4.69, 9.17) is 16.3 Å². The first kappa shape index (κ1) is 15.6. The predicted molar refractivity (Wildman–Crippen MR) is 93.2 cm³/mol. The van der Waals surface area contributed by atoms with Gasteiger partial charge in [0.05, 0.1) is 11.2 Å². The van der Waals surface area contributed by atoms with E-state index in [1.165, 1.54) is 4.90 Å². The Hall–Kier alpha value is -2.27. The van der Waals surface area contributed by atoms with Crippen molar-refractivity contribution in [2.24, 2.45) is 0 Å². The van der Waals surface area contributed by atoms with Gasteiger partial charge in [-0.25, -0.2) is 9.78 Å². The number of hydrogen-bond donors (Lipinski definition) is 1. The highest BCUT2D eigenvalue weighted by molar-refractivity contribution is 6.32. The summed E-state index contributed by atoms with van der Waals surface area (Å²) in [6.07, 6.45) is 1.28. The fraction of sp³-hybridized carbons (Fsp3) is 0.294. The summed E-state index contributed by atoms with van der Waals surface area (Å²) >= 11 is 6.25. The van der Waals surface area contributed by atoms with Crippen LogP contribution in [0.3, 0.4) is 0 Å². The molecule has 0 aliphatic carbocycles. The Kier molecular flexibility index (Phi) is 3.68. The first-order chi connectivity index (χ1) is 10.8. The van der Waals surface area contributed by atoms with Crippen LogP contribution in [0.2, 0.25) is 5.02 Å². The molecule has 0 saturated heterocycles. The van der Waals surface area contributed by atoms with E-state index in [-0.39, 0.29) is 0 Å². The summed E-state index contributed by atoms with van der Waals surface area (Å²) in [5.74, 6) is 0. The molecule has 1 N–H and O–H groups in total. The second kappa shape index (κ2) is 5.42. The molecule has 23 heavy (non-hydrogen) atoms. The van der Waals surface area contributed by atoms with E-state index in [1.807, 2.05) is 39.0 Å². The van der Waals surface area contributed by atoms with Gasteiger partial charge in [0.1, 0.15) is 11.2 Å². The Labute approximate surface area is 139 Å². The molecule has 0 radical (unpaired) electrons.